The van der Waals surface area contributed by atoms with E-state index < -0.39 is 30.2 Å². The van der Waals surface area contributed by atoms with Crippen molar-refractivity contribution in [3.05, 3.63) is 71.8 Å². The average Bonchev–Trinajstić information content (AvgIpc) is 2.71. The number of carbonyl (C=O) groups is 2. The fourth-order valence-corrected chi connectivity index (χ4v) is 3.26. The summed E-state index contributed by atoms with van der Waals surface area (Å²) in [6.07, 6.45) is -1.65. The number of aliphatic hydroxyl groups is 1. The average molecular weight is 399 g/mol. The van der Waals surface area contributed by atoms with Crippen LogP contribution in [0.4, 0.5) is 4.79 Å². The number of carbonyl (C=O) groups excluding carboxylic acids is 2. The quantitative estimate of drug-likeness (QED) is 0.602. The van der Waals surface area contributed by atoms with Crippen molar-refractivity contribution in [1.29, 1.82) is 0 Å². The number of ketones is 1. The molecule has 3 unspecified atom stereocenters. The number of benzene rings is 2. The van der Waals surface area contributed by atoms with Gasteiger partial charge in [-0.3, -0.25) is 4.79 Å². The number of aliphatic hydroxyl groups excluding tert-OH is 1. The molecule has 2 aromatic rings. The van der Waals surface area contributed by atoms with E-state index in [4.69, 9.17) is 10.5 Å². The summed E-state index contributed by atoms with van der Waals surface area (Å²) in [6.45, 7) is 5.30. The number of nitrogens with one attached hydrogen (secondary N) is 1. The predicted molar refractivity (Wildman–Crippen MR) is 112 cm³/mol. The maximum atomic E-state index is 13.2. The van der Waals surface area contributed by atoms with E-state index in [1.807, 2.05) is 74.5 Å². The number of hydrogen-bond donors (Lipinski definition) is 3. The van der Waals surface area contributed by atoms with Gasteiger partial charge in [-0.1, -0.05) is 74.5 Å². The molecule has 0 spiro atoms. The molecule has 0 radical (unpaired) electrons. The molecule has 0 aliphatic heterocycles. The number of rotatable bonds is 9. The minimum atomic E-state index is -0.971. The molecule has 0 bridgehead atoms. The molecule has 2 aromatic carbocycles. The number of hydrogen-bond acceptors (Lipinski definition) is 5. The normalized spacial score (nSPS) is 15.2. The van der Waals surface area contributed by atoms with Crippen molar-refractivity contribution in [2.24, 2.45) is 17.6 Å². The lowest BCUT2D eigenvalue weighted by atomic mass is 9.81. The van der Waals surface area contributed by atoms with E-state index in [0.29, 0.717) is 0 Å². The Labute approximate surface area is 172 Å². The zero-order valence-corrected chi connectivity index (χ0v) is 17.1. The zero-order chi connectivity index (χ0) is 21.4. The topological polar surface area (TPSA) is 102 Å². The highest BCUT2D eigenvalue weighted by Gasteiger charge is 2.37. The number of ether oxygens (including phenoxy) is 1. The summed E-state index contributed by atoms with van der Waals surface area (Å²) < 4.78 is 5.25. The van der Waals surface area contributed by atoms with Gasteiger partial charge in [0.2, 0.25) is 0 Å². The minimum absolute atomic E-state index is 0.106. The molecular formula is C23H30N2O4. The van der Waals surface area contributed by atoms with Crippen LogP contribution in [0.5, 0.6) is 0 Å². The summed E-state index contributed by atoms with van der Waals surface area (Å²) >= 11 is 0. The lowest BCUT2D eigenvalue weighted by molar-refractivity contribution is -0.130. The van der Waals surface area contributed by atoms with Crippen molar-refractivity contribution < 1.29 is 19.4 Å². The first kappa shape index (κ1) is 22.6. The van der Waals surface area contributed by atoms with Gasteiger partial charge < -0.3 is 20.9 Å². The highest BCUT2D eigenvalue weighted by Crippen LogP contribution is 2.26. The highest BCUT2D eigenvalue weighted by molar-refractivity contribution is 5.90. The molecule has 0 fully saturated rings. The van der Waals surface area contributed by atoms with Crippen LogP contribution in [0.3, 0.4) is 0 Å². The van der Waals surface area contributed by atoms with Crippen LogP contribution in [0, 0.1) is 11.8 Å². The maximum absolute atomic E-state index is 13.2. The lowest BCUT2D eigenvalue weighted by Crippen LogP contribution is -2.51. The highest BCUT2D eigenvalue weighted by atomic mass is 16.5. The SMILES string of the molecule is CC(O)C(C(=O)[C@@H](NC(=O)OCc1ccccc1)C(C)C)C(N)c1ccccc1. The first-order valence-electron chi connectivity index (χ1n) is 9.80. The molecule has 4 atom stereocenters. The van der Waals surface area contributed by atoms with Crippen molar-refractivity contribution in [3.63, 3.8) is 0 Å². The summed E-state index contributed by atoms with van der Waals surface area (Å²) in [5.74, 6) is -1.38. The molecule has 0 saturated heterocycles. The van der Waals surface area contributed by atoms with Crippen molar-refractivity contribution in [2.45, 2.75) is 45.6 Å². The van der Waals surface area contributed by atoms with Gasteiger partial charge in [0.05, 0.1) is 18.1 Å². The standard InChI is InChI=1S/C23H30N2O4/c1-15(2)21(25-23(28)29-14-17-10-6-4-7-11-17)22(27)19(16(3)26)20(24)18-12-8-5-9-13-18/h4-13,15-16,19-21,26H,14,24H2,1-3H3,(H,25,28)/t16?,19?,20?,21-/m0/s1. The summed E-state index contributed by atoms with van der Waals surface area (Å²) in [5, 5.41) is 12.9. The van der Waals surface area contributed by atoms with Gasteiger partial charge in [-0.15, -0.1) is 0 Å². The Morgan fingerprint density at radius 2 is 1.55 bits per heavy atom. The Hall–Kier alpha value is -2.70. The van der Waals surface area contributed by atoms with Gasteiger partial charge in [-0.05, 0) is 24.0 Å². The second kappa shape index (κ2) is 10.7. The van der Waals surface area contributed by atoms with E-state index in [1.165, 1.54) is 6.92 Å². The van der Waals surface area contributed by atoms with E-state index >= 15 is 0 Å². The van der Waals surface area contributed by atoms with Crippen LogP contribution < -0.4 is 11.1 Å². The molecule has 0 saturated carbocycles. The first-order chi connectivity index (χ1) is 13.8. The van der Waals surface area contributed by atoms with Gasteiger partial charge in [-0.25, -0.2) is 4.79 Å². The number of amides is 1. The van der Waals surface area contributed by atoms with Crippen molar-refractivity contribution >= 4 is 11.9 Å². The third kappa shape index (κ3) is 6.41. The third-order valence-electron chi connectivity index (χ3n) is 4.88. The van der Waals surface area contributed by atoms with Crippen LogP contribution in [0.25, 0.3) is 0 Å². The maximum Gasteiger partial charge on any atom is 0.408 e. The molecule has 0 aliphatic rings. The van der Waals surface area contributed by atoms with Gasteiger partial charge in [0, 0.05) is 6.04 Å². The summed E-state index contributed by atoms with van der Waals surface area (Å²) in [7, 11) is 0. The molecule has 0 aromatic heterocycles. The van der Waals surface area contributed by atoms with Crippen LogP contribution >= 0.6 is 0 Å². The molecule has 6 nitrogen and oxygen atoms in total. The van der Waals surface area contributed by atoms with Crippen molar-refractivity contribution in [3.8, 4) is 0 Å². The summed E-state index contributed by atoms with van der Waals surface area (Å²) in [5.41, 5.74) is 7.92. The molecule has 2 rings (SSSR count). The fraction of sp³-hybridized carbons (Fsp3) is 0.391. The Bertz CT molecular complexity index is 778. The van der Waals surface area contributed by atoms with E-state index in [1.54, 1.807) is 0 Å². The van der Waals surface area contributed by atoms with Crippen molar-refractivity contribution in [2.75, 3.05) is 0 Å². The van der Waals surface area contributed by atoms with Gasteiger partial charge in [-0.2, -0.15) is 0 Å². The van der Waals surface area contributed by atoms with E-state index in [9.17, 15) is 14.7 Å². The Kier molecular flexibility index (Phi) is 8.36. The molecule has 29 heavy (non-hydrogen) atoms. The zero-order valence-electron chi connectivity index (χ0n) is 17.1. The lowest BCUT2D eigenvalue weighted by Gasteiger charge is -2.31. The van der Waals surface area contributed by atoms with Crippen LogP contribution in [0.2, 0.25) is 0 Å². The molecule has 0 heterocycles. The molecule has 6 heteroatoms. The Morgan fingerprint density at radius 1 is 1.00 bits per heavy atom. The Morgan fingerprint density at radius 3 is 2.07 bits per heavy atom. The second-order valence-corrected chi connectivity index (χ2v) is 7.53. The molecular weight excluding hydrogens is 368 g/mol. The fourth-order valence-electron chi connectivity index (χ4n) is 3.26. The monoisotopic (exact) mass is 398 g/mol. The largest absolute Gasteiger partial charge is 0.445 e. The van der Waals surface area contributed by atoms with Crippen LogP contribution in [-0.2, 0) is 16.1 Å². The molecule has 156 valence electrons. The van der Waals surface area contributed by atoms with Gasteiger partial charge in [0.1, 0.15) is 6.61 Å². The smallest absolute Gasteiger partial charge is 0.408 e. The van der Waals surface area contributed by atoms with Crippen molar-refractivity contribution in [1.82, 2.24) is 5.32 Å². The predicted octanol–water partition coefficient (Wildman–Crippen LogP) is 3.20. The number of alkyl carbamates (subject to hydrolysis) is 1. The molecule has 1 amide bonds. The molecule has 0 aliphatic carbocycles. The van der Waals surface area contributed by atoms with E-state index in [0.717, 1.165) is 11.1 Å². The van der Waals surface area contributed by atoms with Gasteiger partial charge in [0.25, 0.3) is 0 Å². The first-order valence-corrected chi connectivity index (χ1v) is 9.80. The summed E-state index contributed by atoms with van der Waals surface area (Å²) in [6, 6.07) is 16.9. The number of Topliss-reactive ketones (excluding diaryl/α,β-unsaturated/α-hetero) is 1. The minimum Gasteiger partial charge on any atom is -0.445 e. The van der Waals surface area contributed by atoms with E-state index in [2.05, 4.69) is 5.32 Å². The second-order valence-electron chi connectivity index (χ2n) is 7.53. The Balaban J connectivity index is 2.10. The summed E-state index contributed by atoms with van der Waals surface area (Å²) in [4.78, 5) is 25.5. The molecule has 4 N–H and O–H groups in total. The van der Waals surface area contributed by atoms with Crippen LogP contribution in [-0.4, -0.2) is 29.1 Å². The van der Waals surface area contributed by atoms with Crippen LogP contribution in [0.1, 0.15) is 37.9 Å². The third-order valence-corrected chi connectivity index (χ3v) is 4.88. The van der Waals surface area contributed by atoms with E-state index in [-0.39, 0.29) is 18.3 Å². The van der Waals surface area contributed by atoms with Gasteiger partial charge >= 0.3 is 6.09 Å². The number of nitrogens with two attached hydrogens (primary N) is 1. The van der Waals surface area contributed by atoms with Crippen LogP contribution in [0.15, 0.2) is 60.7 Å². The van der Waals surface area contributed by atoms with Gasteiger partial charge in [0.15, 0.2) is 5.78 Å².